The van der Waals surface area contributed by atoms with Gasteiger partial charge in [0.1, 0.15) is 6.33 Å². The van der Waals surface area contributed by atoms with Crippen molar-refractivity contribution < 1.29 is 4.18 Å². The number of nitrogens with zero attached hydrogens (tertiary/aromatic N) is 2. The van der Waals surface area contributed by atoms with Crippen LogP contribution in [0.3, 0.4) is 0 Å². The number of pyridine rings is 1. The number of imidazole rings is 1. The first-order chi connectivity index (χ1) is 10.8. The number of hydrogen-bond donors (Lipinski definition) is 0. The number of fused-ring (bicyclic) bond motifs is 1. The van der Waals surface area contributed by atoms with Crippen molar-refractivity contribution in [2.75, 3.05) is 5.75 Å². The summed E-state index contributed by atoms with van der Waals surface area (Å²) in [6.45, 7) is 6.08. The SMILES string of the molecule is CC.Cc1ccc2cncn2c1OSCCC1CCCCC1. The highest BCUT2D eigenvalue weighted by molar-refractivity contribution is 7.95. The van der Waals surface area contributed by atoms with Gasteiger partial charge in [-0.3, -0.25) is 4.40 Å². The molecule has 1 saturated carbocycles. The average Bonchev–Trinajstić information content (AvgIpc) is 3.05. The third-order valence-electron chi connectivity index (χ3n) is 4.20. The minimum atomic E-state index is 0.911. The Labute approximate surface area is 138 Å². The lowest BCUT2D eigenvalue weighted by Crippen LogP contribution is -2.07. The second-order valence-corrected chi connectivity index (χ2v) is 6.52. The Morgan fingerprint density at radius 2 is 2.00 bits per heavy atom. The van der Waals surface area contributed by atoms with E-state index in [4.69, 9.17) is 4.18 Å². The van der Waals surface area contributed by atoms with Crippen molar-refractivity contribution in [1.29, 1.82) is 0 Å². The Hall–Kier alpha value is -1.16. The van der Waals surface area contributed by atoms with Crippen molar-refractivity contribution in [1.82, 2.24) is 9.38 Å². The molecule has 0 N–H and O–H groups in total. The second-order valence-electron chi connectivity index (χ2n) is 5.71. The maximum absolute atomic E-state index is 5.94. The highest BCUT2D eigenvalue weighted by Gasteiger charge is 2.13. The van der Waals surface area contributed by atoms with Gasteiger partial charge in [0.15, 0.2) is 0 Å². The van der Waals surface area contributed by atoms with Crippen LogP contribution in [0.25, 0.3) is 5.52 Å². The molecule has 1 aliphatic rings. The normalized spacial score (nSPS) is 15.4. The topological polar surface area (TPSA) is 26.5 Å². The number of hydrogen-bond acceptors (Lipinski definition) is 3. The molecule has 0 aromatic carbocycles. The fraction of sp³-hybridized carbons (Fsp3) is 0.611. The highest BCUT2D eigenvalue weighted by Crippen LogP contribution is 2.29. The molecule has 0 radical (unpaired) electrons. The highest BCUT2D eigenvalue weighted by atomic mass is 32.2. The summed E-state index contributed by atoms with van der Waals surface area (Å²) in [5, 5.41) is 0. The van der Waals surface area contributed by atoms with E-state index in [2.05, 4.69) is 24.0 Å². The van der Waals surface area contributed by atoms with Crippen molar-refractivity contribution in [2.24, 2.45) is 5.92 Å². The zero-order valence-corrected chi connectivity index (χ0v) is 14.9. The average molecular weight is 321 g/mol. The van der Waals surface area contributed by atoms with Crippen LogP contribution in [0.15, 0.2) is 24.7 Å². The first-order valence-corrected chi connectivity index (χ1v) is 9.47. The molecule has 0 saturated heterocycles. The molecule has 3 nitrogen and oxygen atoms in total. The number of rotatable bonds is 5. The van der Waals surface area contributed by atoms with Gasteiger partial charge in [0.25, 0.3) is 0 Å². The summed E-state index contributed by atoms with van der Waals surface area (Å²) < 4.78 is 7.96. The van der Waals surface area contributed by atoms with E-state index in [0.29, 0.717) is 0 Å². The van der Waals surface area contributed by atoms with Crippen LogP contribution in [0, 0.1) is 12.8 Å². The standard InChI is InChI=1S/C16H22N2OS.C2H6/c1-13-7-8-15-11-17-12-18(15)16(13)19-20-10-9-14-5-3-2-4-6-14;1-2/h7-8,11-12,14H,2-6,9-10H2,1H3;1-2H3. The third-order valence-corrected chi connectivity index (χ3v) is 4.88. The van der Waals surface area contributed by atoms with Crippen LogP contribution in [-0.4, -0.2) is 15.1 Å². The monoisotopic (exact) mass is 320 g/mol. The van der Waals surface area contributed by atoms with Crippen molar-refractivity contribution in [3.8, 4) is 5.88 Å². The molecule has 2 aromatic heterocycles. The minimum Gasteiger partial charge on any atom is -0.407 e. The van der Waals surface area contributed by atoms with Crippen LogP contribution in [0.1, 0.15) is 57.9 Å². The summed E-state index contributed by atoms with van der Waals surface area (Å²) in [5.74, 6) is 2.91. The van der Waals surface area contributed by atoms with Gasteiger partial charge in [0.2, 0.25) is 5.88 Å². The molecule has 1 aliphatic carbocycles. The summed E-state index contributed by atoms with van der Waals surface area (Å²) in [7, 11) is 0. The molecular formula is C18H28N2OS. The first kappa shape index (κ1) is 17.2. The summed E-state index contributed by atoms with van der Waals surface area (Å²) in [6.07, 6.45) is 12.1. The van der Waals surface area contributed by atoms with E-state index in [1.807, 2.05) is 30.8 Å². The Morgan fingerprint density at radius 3 is 2.77 bits per heavy atom. The van der Waals surface area contributed by atoms with Gasteiger partial charge in [-0.25, -0.2) is 4.98 Å². The van der Waals surface area contributed by atoms with Crippen molar-refractivity contribution >= 4 is 17.6 Å². The van der Waals surface area contributed by atoms with Crippen LogP contribution in [-0.2, 0) is 0 Å². The summed E-state index contributed by atoms with van der Waals surface area (Å²) >= 11 is 1.58. The molecule has 4 heteroatoms. The van der Waals surface area contributed by atoms with Gasteiger partial charge in [-0.2, -0.15) is 0 Å². The van der Waals surface area contributed by atoms with E-state index >= 15 is 0 Å². The molecule has 2 heterocycles. The fourth-order valence-electron chi connectivity index (χ4n) is 2.96. The maximum atomic E-state index is 5.94. The number of aromatic nitrogens is 2. The lowest BCUT2D eigenvalue weighted by Gasteiger charge is -2.20. The van der Waals surface area contributed by atoms with Crippen LogP contribution in [0.5, 0.6) is 5.88 Å². The van der Waals surface area contributed by atoms with Crippen LogP contribution >= 0.6 is 12.0 Å². The van der Waals surface area contributed by atoms with Crippen molar-refractivity contribution in [3.05, 3.63) is 30.2 Å². The predicted molar refractivity (Wildman–Crippen MR) is 95.6 cm³/mol. The van der Waals surface area contributed by atoms with Crippen molar-refractivity contribution in [3.63, 3.8) is 0 Å². The van der Waals surface area contributed by atoms with Gasteiger partial charge in [-0.05, 0) is 25.3 Å². The van der Waals surface area contributed by atoms with E-state index in [9.17, 15) is 0 Å². The molecule has 0 amide bonds. The Bertz CT molecular complexity index is 561. The zero-order valence-electron chi connectivity index (χ0n) is 14.0. The smallest absolute Gasteiger partial charge is 0.217 e. The van der Waals surface area contributed by atoms with Gasteiger partial charge in [-0.1, -0.05) is 52.0 Å². The summed E-state index contributed by atoms with van der Waals surface area (Å²) in [5.41, 5.74) is 2.24. The lowest BCUT2D eigenvalue weighted by molar-refractivity contribution is 0.351. The predicted octanol–water partition coefficient (Wildman–Crippen LogP) is 5.67. The third kappa shape index (κ3) is 4.42. The van der Waals surface area contributed by atoms with Gasteiger partial charge >= 0.3 is 0 Å². The molecule has 0 spiro atoms. The van der Waals surface area contributed by atoms with Crippen LogP contribution in [0.2, 0.25) is 0 Å². The second kappa shape index (κ2) is 9.09. The van der Waals surface area contributed by atoms with E-state index in [-0.39, 0.29) is 0 Å². The van der Waals surface area contributed by atoms with Crippen LogP contribution < -0.4 is 4.18 Å². The summed E-state index contributed by atoms with van der Waals surface area (Å²) in [4.78, 5) is 4.18. The fourth-order valence-corrected chi connectivity index (χ4v) is 3.80. The van der Waals surface area contributed by atoms with Gasteiger partial charge in [0.05, 0.1) is 23.8 Å². The largest absolute Gasteiger partial charge is 0.407 e. The van der Waals surface area contributed by atoms with Crippen molar-refractivity contribution in [2.45, 2.75) is 59.3 Å². The Morgan fingerprint density at radius 1 is 1.23 bits per heavy atom. The maximum Gasteiger partial charge on any atom is 0.217 e. The molecule has 122 valence electrons. The minimum absolute atomic E-state index is 0.911. The molecule has 0 atom stereocenters. The molecule has 1 fully saturated rings. The Balaban J connectivity index is 0.000000847. The molecule has 3 rings (SSSR count). The van der Waals surface area contributed by atoms with E-state index in [0.717, 1.165) is 28.6 Å². The van der Waals surface area contributed by atoms with Gasteiger partial charge < -0.3 is 4.18 Å². The van der Waals surface area contributed by atoms with Gasteiger partial charge in [0, 0.05) is 11.3 Å². The lowest BCUT2D eigenvalue weighted by atomic mass is 9.88. The molecular weight excluding hydrogens is 292 g/mol. The molecule has 0 aliphatic heterocycles. The number of aryl methyl sites for hydroxylation is 1. The Kier molecular flexibility index (Phi) is 7.10. The van der Waals surface area contributed by atoms with Gasteiger partial charge in [-0.15, -0.1) is 0 Å². The van der Waals surface area contributed by atoms with E-state index in [1.165, 1.54) is 38.5 Å². The van der Waals surface area contributed by atoms with E-state index < -0.39 is 0 Å². The molecule has 22 heavy (non-hydrogen) atoms. The summed E-state index contributed by atoms with van der Waals surface area (Å²) in [6, 6.07) is 4.16. The molecule has 2 aromatic rings. The molecule has 0 bridgehead atoms. The quantitative estimate of drug-likeness (QED) is 0.525. The van der Waals surface area contributed by atoms with Crippen LogP contribution in [0.4, 0.5) is 0 Å². The zero-order chi connectivity index (χ0) is 15.8. The first-order valence-electron chi connectivity index (χ1n) is 8.56. The van der Waals surface area contributed by atoms with E-state index in [1.54, 1.807) is 12.0 Å². The molecule has 0 unspecified atom stereocenters.